The van der Waals surface area contributed by atoms with Crippen LogP contribution in [0, 0.1) is 25.2 Å². The molecule has 0 amide bonds. The fraction of sp³-hybridized carbons (Fsp3) is 0.167. The van der Waals surface area contributed by atoms with Gasteiger partial charge in [0.25, 0.3) is 5.78 Å². The highest BCUT2D eigenvalue weighted by atomic mass is 32.2. The van der Waals surface area contributed by atoms with Crippen LogP contribution < -0.4 is 0 Å². The molecule has 0 aliphatic carbocycles. The number of thiazole rings is 1. The number of fused-ring (bicyclic) bond motifs is 2. The van der Waals surface area contributed by atoms with Crippen LogP contribution in [-0.4, -0.2) is 35.4 Å². The summed E-state index contributed by atoms with van der Waals surface area (Å²) in [6.45, 7) is 3.85. The van der Waals surface area contributed by atoms with Crippen molar-refractivity contribution in [2.24, 2.45) is 0 Å². The van der Waals surface area contributed by atoms with E-state index in [1.807, 2.05) is 48.6 Å². The van der Waals surface area contributed by atoms with Gasteiger partial charge in [0.1, 0.15) is 22.4 Å². The lowest BCUT2D eigenvalue weighted by Gasteiger charge is -2.04. The molecular formula is C18H14N6OS2. The van der Waals surface area contributed by atoms with Crippen molar-refractivity contribution in [3.8, 4) is 6.07 Å². The van der Waals surface area contributed by atoms with Crippen molar-refractivity contribution in [3.05, 3.63) is 52.5 Å². The molecule has 3 aromatic heterocycles. The summed E-state index contributed by atoms with van der Waals surface area (Å²) in [6.07, 6.45) is 0. The van der Waals surface area contributed by atoms with Crippen LogP contribution in [-0.2, 0) is 0 Å². The molecule has 1 aromatic carbocycles. The van der Waals surface area contributed by atoms with E-state index in [-0.39, 0.29) is 17.1 Å². The van der Waals surface area contributed by atoms with Crippen molar-refractivity contribution >= 4 is 44.7 Å². The number of benzene rings is 1. The number of aliphatic hydroxyl groups is 1. The lowest BCUT2D eigenvalue weighted by molar-refractivity contribution is 0.420. The van der Waals surface area contributed by atoms with Crippen molar-refractivity contribution in [2.45, 2.75) is 19.0 Å². The molecule has 0 spiro atoms. The van der Waals surface area contributed by atoms with Crippen molar-refractivity contribution in [1.29, 1.82) is 5.26 Å². The minimum absolute atomic E-state index is 0.0315. The zero-order valence-electron chi connectivity index (χ0n) is 14.5. The van der Waals surface area contributed by atoms with E-state index in [9.17, 15) is 10.4 Å². The summed E-state index contributed by atoms with van der Waals surface area (Å²) in [4.78, 5) is 8.80. The number of aliphatic hydroxyl groups excluding tert-OH is 1. The third-order valence-corrected chi connectivity index (χ3v) is 5.90. The molecular weight excluding hydrogens is 380 g/mol. The smallest absolute Gasteiger partial charge is 0.256 e. The number of para-hydroxylation sites is 1. The molecule has 4 aromatic rings. The average Bonchev–Trinajstić information content (AvgIpc) is 3.24. The fourth-order valence-corrected chi connectivity index (χ4v) is 4.56. The second-order valence-electron chi connectivity index (χ2n) is 5.87. The van der Waals surface area contributed by atoms with E-state index in [0.717, 1.165) is 21.6 Å². The SMILES string of the molecule is Cc1cc(C)n2c(SC/C(O)=C(\C#N)c3nc4ccccc4s3)nnc2n1. The number of hydrogen-bond donors (Lipinski definition) is 1. The van der Waals surface area contributed by atoms with Gasteiger partial charge in [-0.2, -0.15) is 5.26 Å². The topological polar surface area (TPSA) is 100.0 Å². The number of thioether (sulfide) groups is 1. The molecule has 0 fully saturated rings. The van der Waals surface area contributed by atoms with E-state index < -0.39 is 0 Å². The van der Waals surface area contributed by atoms with E-state index in [0.29, 0.717) is 15.9 Å². The van der Waals surface area contributed by atoms with Crippen LogP contribution in [0.5, 0.6) is 0 Å². The first kappa shape index (κ1) is 17.5. The maximum atomic E-state index is 10.5. The molecule has 0 aliphatic heterocycles. The first-order valence-corrected chi connectivity index (χ1v) is 9.87. The Kier molecular flexibility index (Phi) is 4.51. The number of nitriles is 1. The van der Waals surface area contributed by atoms with E-state index in [1.54, 1.807) is 0 Å². The molecule has 0 saturated heterocycles. The van der Waals surface area contributed by atoms with E-state index in [4.69, 9.17) is 0 Å². The average molecular weight is 394 g/mol. The van der Waals surface area contributed by atoms with E-state index in [2.05, 4.69) is 26.2 Å². The van der Waals surface area contributed by atoms with E-state index in [1.165, 1.54) is 23.1 Å². The first-order valence-electron chi connectivity index (χ1n) is 8.07. The molecule has 0 radical (unpaired) electrons. The standard InChI is InChI=1S/C18H14N6OS2/c1-10-7-11(2)24-17(20-10)22-23-18(24)26-9-14(25)12(8-19)16-21-13-5-3-4-6-15(13)27-16/h3-7,25H,9H2,1-2H3/b14-12-. The fourth-order valence-electron chi connectivity index (χ4n) is 2.71. The highest BCUT2D eigenvalue weighted by Crippen LogP contribution is 2.30. The van der Waals surface area contributed by atoms with Crippen LogP contribution in [0.1, 0.15) is 16.4 Å². The van der Waals surface area contributed by atoms with Gasteiger partial charge in [0.05, 0.1) is 16.0 Å². The summed E-state index contributed by atoms with van der Waals surface area (Å²) in [5.41, 5.74) is 2.82. The summed E-state index contributed by atoms with van der Waals surface area (Å²) in [7, 11) is 0. The normalized spacial score (nSPS) is 12.3. The number of aromatic nitrogens is 5. The minimum Gasteiger partial charge on any atom is -0.510 e. The Morgan fingerprint density at radius 3 is 2.85 bits per heavy atom. The second kappa shape index (κ2) is 6.98. The van der Waals surface area contributed by atoms with Gasteiger partial charge in [-0.15, -0.1) is 21.5 Å². The second-order valence-corrected chi connectivity index (χ2v) is 7.84. The summed E-state index contributed by atoms with van der Waals surface area (Å²) < 4.78 is 2.80. The van der Waals surface area contributed by atoms with Gasteiger partial charge in [-0.1, -0.05) is 23.9 Å². The molecule has 1 N–H and O–H groups in total. The van der Waals surface area contributed by atoms with Gasteiger partial charge in [0.2, 0.25) is 0 Å². The van der Waals surface area contributed by atoms with Gasteiger partial charge < -0.3 is 5.11 Å². The number of hydrogen-bond acceptors (Lipinski definition) is 8. The molecule has 7 nitrogen and oxygen atoms in total. The maximum Gasteiger partial charge on any atom is 0.256 e. The predicted molar refractivity (Wildman–Crippen MR) is 106 cm³/mol. The van der Waals surface area contributed by atoms with Crippen LogP contribution in [0.3, 0.4) is 0 Å². The Labute approximate surface area is 163 Å². The Morgan fingerprint density at radius 1 is 1.26 bits per heavy atom. The highest BCUT2D eigenvalue weighted by molar-refractivity contribution is 7.99. The predicted octanol–water partition coefficient (Wildman–Crippen LogP) is 3.94. The quantitative estimate of drug-likeness (QED) is 0.318. The zero-order chi connectivity index (χ0) is 19.0. The van der Waals surface area contributed by atoms with Crippen LogP contribution in [0.25, 0.3) is 21.6 Å². The first-order chi connectivity index (χ1) is 13.1. The third-order valence-electron chi connectivity index (χ3n) is 3.91. The maximum absolute atomic E-state index is 10.5. The number of aryl methyl sites for hydroxylation is 2. The molecule has 134 valence electrons. The van der Waals surface area contributed by atoms with Gasteiger partial charge >= 0.3 is 0 Å². The molecule has 0 unspecified atom stereocenters. The van der Waals surface area contributed by atoms with Crippen LogP contribution in [0.15, 0.2) is 41.2 Å². The van der Waals surface area contributed by atoms with Crippen LogP contribution in [0.4, 0.5) is 0 Å². The van der Waals surface area contributed by atoms with Crippen molar-refractivity contribution < 1.29 is 5.11 Å². The third kappa shape index (κ3) is 3.25. The summed E-state index contributed by atoms with van der Waals surface area (Å²) in [5, 5.41) is 29.4. The molecule has 3 heterocycles. The number of allylic oxidation sites excluding steroid dienone is 1. The van der Waals surface area contributed by atoms with Crippen molar-refractivity contribution in [2.75, 3.05) is 5.75 Å². The van der Waals surface area contributed by atoms with Gasteiger partial charge in [-0.3, -0.25) is 4.40 Å². The van der Waals surface area contributed by atoms with Crippen molar-refractivity contribution in [1.82, 2.24) is 24.6 Å². The largest absolute Gasteiger partial charge is 0.510 e. The summed E-state index contributed by atoms with van der Waals surface area (Å²) >= 11 is 2.68. The van der Waals surface area contributed by atoms with Crippen LogP contribution >= 0.6 is 23.1 Å². The van der Waals surface area contributed by atoms with Crippen molar-refractivity contribution in [3.63, 3.8) is 0 Å². The molecule has 0 atom stereocenters. The minimum atomic E-state index is -0.0315. The van der Waals surface area contributed by atoms with E-state index >= 15 is 0 Å². The van der Waals surface area contributed by atoms with Gasteiger partial charge in [0.15, 0.2) is 5.16 Å². The molecule has 27 heavy (non-hydrogen) atoms. The zero-order valence-corrected chi connectivity index (χ0v) is 16.2. The molecule has 0 saturated carbocycles. The molecule has 0 bridgehead atoms. The monoisotopic (exact) mass is 394 g/mol. The Morgan fingerprint density at radius 2 is 2.07 bits per heavy atom. The van der Waals surface area contributed by atoms with Gasteiger partial charge in [-0.25, -0.2) is 9.97 Å². The van der Waals surface area contributed by atoms with Gasteiger partial charge in [0, 0.05) is 11.4 Å². The lowest BCUT2D eigenvalue weighted by Crippen LogP contribution is -1.99. The molecule has 0 aliphatic rings. The number of rotatable bonds is 4. The molecule has 4 rings (SSSR count). The van der Waals surface area contributed by atoms with Crippen LogP contribution in [0.2, 0.25) is 0 Å². The molecule has 9 heteroatoms. The Bertz CT molecular complexity index is 1200. The summed E-state index contributed by atoms with van der Waals surface area (Å²) in [6, 6.07) is 11.7. The Hall–Kier alpha value is -2.96. The van der Waals surface area contributed by atoms with Gasteiger partial charge in [-0.05, 0) is 32.0 Å². The summed E-state index contributed by atoms with van der Waals surface area (Å²) in [5.74, 6) is 0.675. The number of nitrogens with zero attached hydrogens (tertiary/aromatic N) is 6. The lowest BCUT2D eigenvalue weighted by atomic mass is 10.2. The highest BCUT2D eigenvalue weighted by Gasteiger charge is 2.16. The Balaban J connectivity index is 1.64.